The van der Waals surface area contributed by atoms with E-state index in [-0.39, 0.29) is 0 Å². The fourth-order valence-electron chi connectivity index (χ4n) is 3.32. The van der Waals surface area contributed by atoms with Crippen LogP contribution in [-0.4, -0.2) is 18.9 Å². The number of aryl methyl sites for hydroxylation is 1. The number of hydrogen-bond acceptors (Lipinski definition) is 2. The first-order valence-corrected chi connectivity index (χ1v) is 7.63. The zero-order valence-electron chi connectivity index (χ0n) is 12.6. The summed E-state index contributed by atoms with van der Waals surface area (Å²) in [6.07, 6.45) is 1.82. The fourth-order valence-corrected chi connectivity index (χ4v) is 3.32. The van der Waals surface area contributed by atoms with Crippen molar-refractivity contribution in [1.29, 1.82) is 0 Å². The molecular weight excluding hydrogens is 284 g/mol. The molecular formula is C19H14N4. The van der Waals surface area contributed by atoms with E-state index >= 15 is 0 Å². The van der Waals surface area contributed by atoms with Crippen LogP contribution in [0.5, 0.6) is 0 Å². The molecule has 3 aromatic heterocycles. The molecule has 0 saturated heterocycles. The minimum absolute atomic E-state index is 0.886. The van der Waals surface area contributed by atoms with Gasteiger partial charge in [0.25, 0.3) is 0 Å². The molecule has 0 fully saturated rings. The third-order valence-corrected chi connectivity index (χ3v) is 4.30. The van der Waals surface area contributed by atoms with E-state index in [1.54, 1.807) is 0 Å². The van der Waals surface area contributed by atoms with Crippen LogP contribution in [-0.2, 0) is 0 Å². The molecule has 0 unspecified atom stereocenters. The number of rotatable bonds is 1. The first kappa shape index (κ1) is 12.4. The second-order valence-corrected chi connectivity index (χ2v) is 5.70. The van der Waals surface area contributed by atoms with Crippen LogP contribution >= 0.6 is 0 Å². The summed E-state index contributed by atoms with van der Waals surface area (Å²) in [5.74, 6) is 1.78. The summed E-state index contributed by atoms with van der Waals surface area (Å²) in [6.45, 7) is 2.13. The van der Waals surface area contributed by atoms with Crippen molar-refractivity contribution in [2.24, 2.45) is 0 Å². The first-order chi connectivity index (χ1) is 11.3. The average molecular weight is 298 g/mol. The largest absolute Gasteiger partial charge is 0.276 e. The molecule has 0 radical (unpaired) electrons. The molecule has 0 amide bonds. The number of hydrogen-bond donors (Lipinski definition) is 0. The highest BCUT2D eigenvalue weighted by Gasteiger charge is 2.18. The number of fused-ring (bicyclic) bond motifs is 5. The summed E-state index contributed by atoms with van der Waals surface area (Å²) in [5, 5.41) is 0. The van der Waals surface area contributed by atoms with E-state index in [0.717, 1.165) is 33.7 Å². The van der Waals surface area contributed by atoms with Gasteiger partial charge in [-0.15, -0.1) is 0 Å². The van der Waals surface area contributed by atoms with Crippen LogP contribution in [0, 0.1) is 6.92 Å². The van der Waals surface area contributed by atoms with Crippen LogP contribution < -0.4 is 0 Å². The van der Waals surface area contributed by atoms with Gasteiger partial charge in [-0.25, -0.2) is 9.97 Å². The van der Waals surface area contributed by atoms with E-state index in [2.05, 4.69) is 51.2 Å². The van der Waals surface area contributed by atoms with Gasteiger partial charge in [-0.1, -0.05) is 30.3 Å². The van der Waals surface area contributed by atoms with E-state index in [1.807, 2.05) is 36.5 Å². The summed E-state index contributed by atoms with van der Waals surface area (Å²) in [5.41, 5.74) is 5.63. The van der Waals surface area contributed by atoms with Crippen molar-refractivity contribution in [3.8, 4) is 5.82 Å². The van der Waals surface area contributed by atoms with Gasteiger partial charge in [0.1, 0.15) is 5.82 Å². The van der Waals surface area contributed by atoms with Crippen molar-refractivity contribution in [3.63, 3.8) is 0 Å². The van der Waals surface area contributed by atoms with Crippen molar-refractivity contribution in [3.05, 3.63) is 72.4 Å². The van der Waals surface area contributed by atoms with Gasteiger partial charge < -0.3 is 0 Å². The van der Waals surface area contributed by atoms with E-state index in [4.69, 9.17) is 4.98 Å². The fraction of sp³-hybridized carbons (Fsp3) is 0.0526. The summed E-state index contributed by atoms with van der Waals surface area (Å²) >= 11 is 0. The van der Waals surface area contributed by atoms with Crippen molar-refractivity contribution in [2.75, 3.05) is 0 Å². The molecule has 0 N–H and O–H groups in total. The number of pyridine rings is 1. The van der Waals surface area contributed by atoms with Gasteiger partial charge in [0, 0.05) is 6.20 Å². The Hall–Kier alpha value is -3.14. The second-order valence-electron chi connectivity index (χ2n) is 5.70. The smallest absolute Gasteiger partial charge is 0.221 e. The van der Waals surface area contributed by atoms with Crippen LogP contribution in [0.25, 0.3) is 33.7 Å². The van der Waals surface area contributed by atoms with Crippen molar-refractivity contribution in [2.45, 2.75) is 6.92 Å². The summed E-state index contributed by atoms with van der Waals surface area (Å²) in [7, 11) is 0. The zero-order valence-corrected chi connectivity index (χ0v) is 12.6. The van der Waals surface area contributed by atoms with Crippen LogP contribution in [0.1, 0.15) is 5.56 Å². The van der Waals surface area contributed by atoms with Crippen LogP contribution in [0.15, 0.2) is 66.9 Å². The Morgan fingerprint density at radius 2 is 1.65 bits per heavy atom. The molecule has 23 heavy (non-hydrogen) atoms. The molecule has 0 aliphatic rings. The maximum atomic E-state index is 4.86. The lowest BCUT2D eigenvalue weighted by Gasteiger charge is -2.05. The van der Waals surface area contributed by atoms with Crippen molar-refractivity contribution >= 4 is 27.8 Å². The topological polar surface area (TPSA) is 35.1 Å². The lowest BCUT2D eigenvalue weighted by atomic mass is 10.2. The maximum absolute atomic E-state index is 4.86. The Kier molecular flexibility index (Phi) is 2.39. The van der Waals surface area contributed by atoms with Crippen LogP contribution in [0.4, 0.5) is 0 Å². The summed E-state index contributed by atoms with van der Waals surface area (Å²) in [6, 6.07) is 20.6. The van der Waals surface area contributed by atoms with E-state index < -0.39 is 0 Å². The van der Waals surface area contributed by atoms with Crippen molar-refractivity contribution in [1.82, 2.24) is 18.9 Å². The normalized spacial score (nSPS) is 11.7. The standard InChI is InChI=1S/C19H14N4/c1-13-7-6-10-16-18(13)23(17-11-4-5-12-20-17)19-21-14-8-2-3-9-15(14)22(16)19/h2-12H,1H3. The van der Waals surface area contributed by atoms with Gasteiger partial charge in [-0.3, -0.25) is 8.97 Å². The lowest BCUT2D eigenvalue weighted by Crippen LogP contribution is -1.98. The lowest BCUT2D eigenvalue weighted by molar-refractivity contribution is 1.04. The molecule has 110 valence electrons. The molecule has 0 spiro atoms. The number of imidazole rings is 2. The molecule has 5 aromatic rings. The molecule has 2 aromatic carbocycles. The SMILES string of the molecule is Cc1cccc2c1n(-c1ccccn1)c1nc3ccccc3n21. The van der Waals surface area contributed by atoms with Gasteiger partial charge in [0.15, 0.2) is 0 Å². The van der Waals surface area contributed by atoms with Gasteiger partial charge in [-0.2, -0.15) is 0 Å². The molecule has 0 aliphatic carbocycles. The molecule has 0 atom stereocenters. The molecule has 5 rings (SSSR count). The Morgan fingerprint density at radius 1 is 0.826 bits per heavy atom. The third kappa shape index (κ3) is 1.60. The quantitative estimate of drug-likeness (QED) is 0.466. The van der Waals surface area contributed by atoms with Gasteiger partial charge in [0.05, 0.1) is 22.1 Å². The molecule has 0 bridgehead atoms. The van der Waals surface area contributed by atoms with Crippen LogP contribution in [0.2, 0.25) is 0 Å². The highest BCUT2D eigenvalue weighted by atomic mass is 15.2. The van der Waals surface area contributed by atoms with Gasteiger partial charge in [-0.05, 0) is 42.8 Å². The number of aromatic nitrogens is 4. The molecule has 3 heterocycles. The first-order valence-electron chi connectivity index (χ1n) is 7.63. The maximum Gasteiger partial charge on any atom is 0.221 e. The van der Waals surface area contributed by atoms with E-state index in [1.165, 1.54) is 5.56 Å². The predicted octanol–water partition coefficient (Wildman–Crippen LogP) is 4.13. The Morgan fingerprint density at radius 3 is 2.52 bits per heavy atom. The number of nitrogens with zero attached hydrogens (tertiary/aromatic N) is 4. The Balaban J connectivity index is 2.09. The van der Waals surface area contributed by atoms with E-state index in [0.29, 0.717) is 0 Å². The number of benzene rings is 2. The zero-order chi connectivity index (χ0) is 15.4. The minimum atomic E-state index is 0.886. The second kappa shape index (κ2) is 4.43. The van der Waals surface area contributed by atoms with E-state index in [9.17, 15) is 0 Å². The van der Waals surface area contributed by atoms with Crippen LogP contribution in [0.3, 0.4) is 0 Å². The summed E-state index contributed by atoms with van der Waals surface area (Å²) in [4.78, 5) is 9.40. The minimum Gasteiger partial charge on any atom is -0.276 e. The molecule has 0 aliphatic heterocycles. The molecule has 4 nitrogen and oxygen atoms in total. The monoisotopic (exact) mass is 298 g/mol. The third-order valence-electron chi connectivity index (χ3n) is 4.30. The Bertz CT molecular complexity index is 1170. The summed E-state index contributed by atoms with van der Waals surface area (Å²) < 4.78 is 4.36. The molecule has 4 heteroatoms. The molecule has 0 saturated carbocycles. The Labute approximate surface area is 132 Å². The van der Waals surface area contributed by atoms with Gasteiger partial charge >= 0.3 is 0 Å². The highest BCUT2D eigenvalue weighted by molar-refractivity contribution is 5.93. The van der Waals surface area contributed by atoms with Gasteiger partial charge in [0.2, 0.25) is 5.78 Å². The number of para-hydroxylation sites is 3. The average Bonchev–Trinajstić information content (AvgIpc) is 3.11. The highest BCUT2D eigenvalue weighted by Crippen LogP contribution is 2.30. The predicted molar refractivity (Wildman–Crippen MR) is 92.1 cm³/mol. The van der Waals surface area contributed by atoms with Crippen molar-refractivity contribution < 1.29 is 0 Å².